The molecule has 1 aromatic heterocycles. The van der Waals surface area contributed by atoms with Gasteiger partial charge >= 0.3 is 5.97 Å². The maximum Gasteiger partial charge on any atom is 0.305 e. The number of nitrogens with zero attached hydrogens (tertiary/aromatic N) is 3. The number of thiol groups is 1. The van der Waals surface area contributed by atoms with Crippen LogP contribution in [0.5, 0.6) is 0 Å². The predicted molar refractivity (Wildman–Crippen MR) is 117 cm³/mol. The number of carboxylic acid groups (broad SMARTS) is 1. The van der Waals surface area contributed by atoms with Crippen molar-refractivity contribution in [2.24, 2.45) is 0 Å². The van der Waals surface area contributed by atoms with E-state index in [1.165, 1.54) is 22.5 Å². The number of benzene rings is 1. The summed E-state index contributed by atoms with van der Waals surface area (Å²) in [5.41, 5.74) is 2.55. The third-order valence-corrected chi connectivity index (χ3v) is 4.51. The first-order valence-electron chi connectivity index (χ1n) is 9.45. The average Bonchev–Trinajstić information content (AvgIpc) is 2.65. The number of aromatic nitrogens is 2. The number of carbonyl (C=O) groups is 1. The van der Waals surface area contributed by atoms with Gasteiger partial charge in [-0.2, -0.15) is 0 Å². The lowest BCUT2D eigenvalue weighted by Gasteiger charge is -2.18. The van der Waals surface area contributed by atoms with E-state index < -0.39 is 24.6 Å². The molecule has 3 N–H and O–H groups in total. The quantitative estimate of drug-likeness (QED) is 0.448. The summed E-state index contributed by atoms with van der Waals surface area (Å²) in [6.45, 7) is 3.92. The molecular weight excluding hydrogens is 409 g/mol. The molecule has 0 radical (unpaired) electrons. The number of hydrogen-bond donors (Lipinski definition) is 4. The highest BCUT2D eigenvalue weighted by atomic mass is 32.1. The van der Waals surface area contributed by atoms with Gasteiger partial charge in [0.25, 0.3) is 0 Å². The van der Waals surface area contributed by atoms with Gasteiger partial charge in [-0.15, -0.1) is 0 Å². The van der Waals surface area contributed by atoms with Crippen molar-refractivity contribution >= 4 is 30.8 Å². The summed E-state index contributed by atoms with van der Waals surface area (Å²) in [5.74, 6) is -1.13. The molecule has 2 unspecified atom stereocenters. The molecule has 9 heteroatoms. The van der Waals surface area contributed by atoms with Crippen LogP contribution in [0.1, 0.15) is 43.9 Å². The standard InChI is InChI=1S/C21H26FN3O4S/c1-12(2)19-17(9-8-15(26)10-16(27)11-18(28)29)20(24-21(23-19)25(3)30)13-4-6-14(22)7-5-13/h4-9,12,15-16,26-27,30H,10-11H2,1-3H3,(H,28,29)/b9-8+. The Bertz CT molecular complexity index is 904. The Hall–Kier alpha value is -2.49. The smallest absolute Gasteiger partial charge is 0.305 e. The topological polar surface area (TPSA) is 107 Å². The second kappa shape index (κ2) is 10.5. The molecule has 0 bridgehead atoms. The van der Waals surface area contributed by atoms with E-state index in [0.29, 0.717) is 28.5 Å². The number of aliphatic carboxylic acids is 1. The summed E-state index contributed by atoms with van der Waals surface area (Å²) in [4.78, 5) is 19.8. The zero-order chi connectivity index (χ0) is 22.4. The van der Waals surface area contributed by atoms with Crippen molar-refractivity contribution in [2.75, 3.05) is 11.4 Å². The molecular formula is C21H26FN3O4S. The molecule has 1 aromatic carbocycles. The van der Waals surface area contributed by atoms with Crippen molar-refractivity contribution < 1.29 is 24.5 Å². The first-order valence-corrected chi connectivity index (χ1v) is 9.85. The number of aliphatic hydroxyl groups excluding tert-OH is 2. The highest BCUT2D eigenvalue weighted by Gasteiger charge is 2.19. The summed E-state index contributed by atoms with van der Waals surface area (Å²) in [7, 11) is 1.69. The van der Waals surface area contributed by atoms with Gasteiger partial charge in [-0.25, -0.2) is 14.4 Å². The van der Waals surface area contributed by atoms with Crippen molar-refractivity contribution in [3.8, 4) is 11.3 Å². The van der Waals surface area contributed by atoms with Crippen LogP contribution in [-0.4, -0.2) is 50.5 Å². The first kappa shape index (κ1) is 23.8. The van der Waals surface area contributed by atoms with Gasteiger partial charge in [0, 0.05) is 24.6 Å². The van der Waals surface area contributed by atoms with Crippen molar-refractivity contribution in [3.63, 3.8) is 0 Å². The Kier molecular flexibility index (Phi) is 8.33. The lowest BCUT2D eigenvalue weighted by molar-refractivity contribution is -0.139. The van der Waals surface area contributed by atoms with Gasteiger partial charge in [-0.3, -0.25) is 9.10 Å². The van der Waals surface area contributed by atoms with Gasteiger partial charge in [0.15, 0.2) is 0 Å². The van der Waals surface area contributed by atoms with Gasteiger partial charge < -0.3 is 15.3 Å². The fraction of sp³-hybridized carbons (Fsp3) is 0.381. The first-order chi connectivity index (χ1) is 14.1. The molecule has 1 heterocycles. The minimum absolute atomic E-state index is 0.00799. The SMILES string of the molecule is CC(C)c1nc(N(C)S)nc(-c2ccc(F)cc2)c1/C=C/C(O)CC(O)CC(=O)O. The van der Waals surface area contributed by atoms with E-state index in [0.717, 1.165) is 0 Å². The zero-order valence-electron chi connectivity index (χ0n) is 17.0. The van der Waals surface area contributed by atoms with Crippen LogP contribution in [0.2, 0.25) is 0 Å². The molecule has 2 aromatic rings. The van der Waals surface area contributed by atoms with E-state index in [1.807, 2.05) is 13.8 Å². The molecule has 0 aliphatic rings. The fourth-order valence-electron chi connectivity index (χ4n) is 2.90. The van der Waals surface area contributed by atoms with E-state index in [9.17, 15) is 19.4 Å². The van der Waals surface area contributed by atoms with E-state index in [1.54, 1.807) is 25.3 Å². The summed E-state index contributed by atoms with van der Waals surface area (Å²) in [6, 6.07) is 5.88. The molecule has 0 saturated heterocycles. The number of carboxylic acids is 1. The maximum atomic E-state index is 13.4. The summed E-state index contributed by atoms with van der Waals surface area (Å²) in [6.07, 6.45) is 0.313. The molecule has 0 spiro atoms. The van der Waals surface area contributed by atoms with Gasteiger partial charge in [0.1, 0.15) is 5.82 Å². The molecule has 2 rings (SSSR count). The zero-order valence-corrected chi connectivity index (χ0v) is 17.9. The molecule has 0 aliphatic carbocycles. The molecule has 0 amide bonds. The normalized spacial score (nSPS) is 13.6. The number of aliphatic hydroxyl groups is 2. The van der Waals surface area contributed by atoms with Crippen LogP contribution in [0.3, 0.4) is 0 Å². The molecule has 0 aliphatic heterocycles. The Morgan fingerprint density at radius 2 is 1.87 bits per heavy atom. The van der Waals surface area contributed by atoms with Crippen LogP contribution in [0.15, 0.2) is 30.3 Å². The molecule has 7 nitrogen and oxygen atoms in total. The fourth-order valence-corrected chi connectivity index (χ4v) is 2.99. The minimum atomic E-state index is -1.17. The Balaban J connectivity index is 2.49. The number of hydrogen-bond acceptors (Lipinski definition) is 7. The van der Waals surface area contributed by atoms with Crippen LogP contribution in [-0.2, 0) is 4.79 Å². The lowest BCUT2D eigenvalue weighted by Crippen LogP contribution is -2.19. The summed E-state index contributed by atoms with van der Waals surface area (Å²) < 4.78 is 14.9. The van der Waals surface area contributed by atoms with E-state index in [-0.39, 0.29) is 18.2 Å². The predicted octanol–water partition coefficient (Wildman–Crippen LogP) is 3.29. The third kappa shape index (κ3) is 6.51. The Morgan fingerprint density at radius 3 is 2.40 bits per heavy atom. The van der Waals surface area contributed by atoms with Gasteiger partial charge in [0.2, 0.25) is 5.95 Å². The molecule has 30 heavy (non-hydrogen) atoms. The summed E-state index contributed by atoms with van der Waals surface area (Å²) >= 11 is 4.28. The van der Waals surface area contributed by atoms with Crippen LogP contribution in [0.4, 0.5) is 10.3 Å². The largest absolute Gasteiger partial charge is 0.481 e. The minimum Gasteiger partial charge on any atom is -0.481 e. The number of halogens is 1. The van der Waals surface area contributed by atoms with Crippen LogP contribution < -0.4 is 4.31 Å². The van der Waals surface area contributed by atoms with E-state index >= 15 is 0 Å². The van der Waals surface area contributed by atoms with Crippen molar-refractivity contribution in [2.45, 2.75) is 44.8 Å². The van der Waals surface area contributed by atoms with Crippen LogP contribution >= 0.6 is 12.8 Å². The summed E-state index contributed by atoms with van der Waals surface area (Å²) in [5, 5.41) is 28.7. The number of anilines is 1. The Labute approximate surface area is 180 Å². The Morgan fingerprint density at radius 1 is 1.23 bits per heavy atom. The van der Waals surface area contributed by atoms with Crippen molar-refractivity contribution in [3.05, 3.63) is 47.4 Å². The molecule has 2 atom stereocenters. The second-order valence-electron chi connectivity index (χ2n) is 7.27. The molecule has 162 valence electrons. The average molecular weight is 436 g/mol. The van der Waals surface area contributed by atoms with Crippen molar-refractivity contribution in [1.82, 2.24) is 9.97 Å². The highest BCUT2D eigenvalue weighted by Crippen LogP contribution is 2.31. The van der Waals surface area contributed by atoms with Gasteiger partial charge in [-0.1, -0.05) is 38.8 Å². The highest BCUT2D eigenvalue weighted by molar-refractivity contribution is 7.81. The monoisotopic (exact) mass is 435 g/mol. The van der Waals surface area contributed by atoms with Crippen LogP contribution in [0.25, 0.3) is 17.3 Å². The molecule has 0 fully saturated rings. The van der Waals surface area contributed by atoms with Gasteiger partial charge in [-0.05, 0) is 30.2 Å². The van der Waals surface area contributed by atoms with Crippen molar-refractivity contribution in [1.29, 1.82) is 0 Å². The third-order valence-electron chi connectivity index (χ3n) is 4.33. The number of rotatable bonds is 9. The van der Waals surface area contributed by atoms with Crippen LogP contribution in [0, 0.1) is 5.82 Å². The second-order valence-corrected chi connectivity index (χ2v) is 7.87. The van der Waals surface area contributed by atoms with E-state index in [4.69, 9.17) is 5.11 Å². The lowest BCUT2D eigenvalue weighted by atomic mass is 9.97. The van der Waals surface area contributed by atoms with E-state index in [2.05, 4.69) is 22.8 Å². The molecule has 0 saturated carbocycles. The van der Waals surface area contributed by atoms with Gasteiger partial charge in [0.05, 0.1) is 30.0 Å². The maximum absolute atomic E-state index is 13.4.